The van der Waals surface area contributed by atoms with E-state index in [2.05, 4.69) is 10.1 Å². The monoisotopic (exact) mass is 348 g/mol. The number of rotatable bonds is 3. The van der Waals surface area contributed by atoms with E-state index in [4.69, 9.17) is 0 Å². The van der Waals surface area contributed by atoms with E-state index >= 15 is 0 Å². The highest BCUT2D eigenvalue weighted by Gasteiger charge is 2.67. The number of benzene rings is 1. The predicted molar refractivity (Wildman–Crippen MR) is 73.6 cm³/mol. The molecule has 24 heavy (non-hydrogen) atoms. The number of amides is 2. The van der Waals surface area contributed by atoms with Crippen molar-refractivity contribution in [2.45, 2.75) is 24.9 Å². The number of ether oxygens (including phenoxy) is 1. The third-order valence-electron chi connectivity index (χ3n) is 3.60. The molecule has 0 unspecified atom stereocenters. The van der Waals surface area contributed by atoms with E-state index in [-0.39, 0.29) is 17.9 Å². The number of carbonyl (C=O) groups is 2. The molecule has 3 atom stereocenters. The second-order valence-corrected chi connectivity index (χ2v) is 5.16. The van der Waals surface area contributed by atoms with Crippen LogP contribution in [0.15, 0.2) is 24.3 Å². The van der Waals surface area contributed by atoms with Crippen LogP contribution in [0.5, 0.6) is 5.75 Å². The maximum Gasteiger partial charge on any atom is 0.437 e. The fourth-order valence-corrected chi connectivity index (χ4v) is 2.50. The van der Waals surface area contributed by atoms with Gasteiger partial charge >= 0.3 is 18.2 Å². The molecule has 1 aromatic rings. The Bertz CT molecular complexity index is 634. The molecule has 1 fully saturated rings. The third-order valence-corrected chi connectivity index (χ3v) is 3.60. The van der Waals surface area contributed by atoms with Gasteiger partial charge in [0, 0.05) is 0 Å². The van der Waals surface area contributed by atoms with Crippen LogP contribution in [0.2, 0.25) is 0 Å². The van der Waals surface area contributed by atoms with Crippen molar-refractivity contribution in [2.24, 2.45) is 5.92 Å². The summed E-state index contributed by atoms with van der Waals surface area (Å²) in [6.45, 7) is 1.19. The van der Waals surface area contributed by atoms with Crippen molar-refractivity contribution in [2.75, 3.05) is 6.61 Å². The SMILES string of the molecule is CCOC(=O)[C@H]1[C@H](c2ccc(O)cc2)NC(=O)N[C@@]1(O)C(F)(F)F. The van der Waals surface area contributed by atoms with Gasteiger partial charge in [-0.15, -0.1) is 0 Å². The lowest BCUT2D eigenvalue weighted by molar-refractivity contribution is -0.294. The number of phenolic OH excluding ortho intramolecular Hbond substituents is 1. The molecular weight excluding hydrogens is 333 g/mol. The molecule has 132 valence electrons. The molecule has 0 radical (unpaired) electrons. The minimum atomic E-state index is -5.32. The maximum absolute atomic E-state index is 13.4. The molecule has 1 saturated heterocycles. The molecule has 1 aromatic carbocycles. The van der Waals surface area contributed by atoms with Crippen molar-refractivity contribution < 1.29 is 37.7 Å². The number of esters is 1. The highest BCUT2D eigenvalue weighted by molar-refractivity contribution is 5.83. The van der Waals surface area contributed by atoms with Crippen LogP contribution in [0.4, 0.5) is 18.0 Å². The first-order chi connectivity index (χ1) is 11.1. The second-order valence-electron chi connectivity index (χ2n) is 5.16. The third kappa shape index (κ3) is 3.09. The van der Waals surface area contributed by atoms with E-state index in [9.17, 15) is 33.0 Å². The zero-order valence-electron chi connectivity index (χ0n) is 12.4. The Morgan fingerprint density at radius 2 is 1.92 bits per heavy atom. The largest absolute Gasteiger partial charge is 0.508 e. The number of aromatic hydroxyl groups is 1. The number of halogens is 3. The molecule has 2 amide bonds. The lowest BCUT2D eigenvalue weighted by Crippen LogP contribution is -2.73. The summed E-state index contributed by atoms with van der Waals surface area (Å²) in [6, 6.07) is 2.01. The van der Waals surface area contributed by atoms with Crippen LogP contribution >= 0.6 is 0 Å². The van der Waals surface area contributed by atoms with Gasteiger partial charge in [0.25, 0.3) is 5.72 Å². The Morgan fingerprint density at radius 1 is 1.33 bits per heavy atom. The molecule has 0 bridgehead atoms. The van der Waals surface area contributed by atoms with Crippen LogP contribution in [-0.4, -0.2) is 40.7 Å². The number of alkyl halides is 3. The van der Waals surface area contributed by atoms with E-state index in [1.165, 1.54) is 36.5 Å². The zero-order valence-corrected chi connectivity index (χ0v) is 12.4. The van der Waals surface area contributed by atoms with Gasteiger partial charge in [-0.3, -0.25) is 4.79 Å². The van der Waals surface area contributed by atoms with Crippen molar-refractivity contribution in [3.8, 4) is 5.75 Å². The van der Waals surface area contributed by atoms with Crippen LogP contribution in [-0.2, 0) is 9.53 Å². The normalized spacial score (nSPS) is 27.1. The Labute approximate surface area is 134 Å². The summed E-state index contributed by atoms with van der Waals surface area (Å²) in [5.41, 5.74) is -3.71. The van der Waals surface area contributed by atoms with E-state index in [1.54, 1.807) is 0 Å². The minimum absolute atomic E-state index is 0.0865. The summed E-state index contributed by atoms with van der Waals surface area (Å²) in [7, 11) is 0. The molecule has 1 heterocycles. The zero-order chi connectivity index (χ0) is 18.1. The maximum atomic E-state index is 13.4. The van der Waals surface area contributed by atoms with Gasteiger partial charge in [-0.25, -0.2) is 4.79 Å². The standard InChI is InChI=1S/C14H15F3N2O5/c1-2-24-11(21)9-10(7-3-5-8(20)6-4-7)18-12(22)19-13(9,23)14(15,16)17/h3-6,9-10,20,23H,2H2,1H3,(H2,18,19,22)/t9-,10+,13+/m1/s1. The number of aliphatic hydroxyl groups is 1. The molecule has 0 spiro atoms. The number of carbonyl (C=O) groups excluding carboxylic acids is 2. The summed E-state index contributed by atoms with van der Waals surface area (Å²) in [5, 5.41) is 22.9. The van der Waals surface area contributed by atoms with E-state index in [1.807, 2.05) is 0 Å². The molecule has 4 N–H and O–H groups in total. The number of hydrogen-bond donors (Lipinski definition) is 4. The molecule has 1 aliphatic rings. The lowest BCUT2D eigenvalue weighted by atomic mass is 9.82. The molecular formula is C14H15F3N2O5. The lowest BCUT2D eigenvalue weighted by Gasteiger charge is -2.44. The minimum Gasteiger partial charge on any atom is -0.508 e. The van der Waals surface area contributed by atoms with Gasteiger partial charge in [0.2, 0.25) is 0 Å². The van der Waals surface area contributed by atoms with Gasteiger partial charge in [0.1, 0.15) is 11.7 Å². The predicted octanol–water partition coefficient (Wildman–Crippen LogP) is 1.18. The summed E-state index contributed by atoms with van der Waals surface area (Å²) < 4.78 is 44.7. The summed E-state index contributed by atoms with van der Waals surface area (Å²) in [4.78, 5) is 23.7. The van der Waals surface area contributed by atoms with Gasteiger partial charge in [-0.2, -0.15) is 13.2 Å². The Kier molecular flexibility index (Phi) is 4.61. The van der Waals surface area contributed by atoms with E-state index in [0.717, 1.165) is 0 Å². The molecule has 1 aliphatic heterocycles. The average Bonchev–Trinajstić information content (AvgIpc) is 2.46. The molecule has 10 heteroatoms. The van der Waals surface area contributed by atoms with Crippen molar-refractivity contribution in [3.63, 3.8) is 0 Å². The van der Waals surface area contributed by atoms with Crippen molar-refractivity contribution in [1.82, 2.24) is 10.6 Å². The summed E-state index contributed by atoms with van der Waals surface area (Å²) in [6.07, 6.45) is -5.32. The number of urea groups is 1. The van der Waals surface area contributed by atoms with Crippen LogP contribution in [0.3, 0.4) is 0 Å². The van der Waals surface area contributed by atoms with Crippen LogP contribution in [0, 0.1) is 5.92 Å². The topological polar surface area (TPSA) is 108 Å². The fourth-order valence-electron chi connectivity index (χ4n) is 2.50. The smallest absolute Gasteiger partial charge is 0.437 e. The highest BCUT2D eigenvalue weighted by atomic mass is 19.4. The number of nitrogens with one attached hydrogen (secondary N) is 2. The van der Waals surface area contributed by atoms with Gasteiger partial charge in [0.15, 0.2) is 0 Å². The Hall–Kier alpha value is -2.49. The molecule has 0 aromatic heterocycles. The van der Waals surface area contributed by atoms with Crippen LogP contribution in [0.25, 0.3) is 0 Å². The van der Waals surface area contributed by atoms with E-state index in [0.29, 0.717) is 0 Å². The van der Waals surface area contributed by atoms with Crippen molar-refractivity contribution in [1.29, 1.82) is 0 Å². The highest BCUT2D eigenvalue weighted by Crippen LogP contribution is 2.43. The molecule has 0 aliphatic carbocycles. The second kappa shape index (κ2) is 6.19. The van der Waals surface area contributed by atoms with Gasteiger partial charge in [0.05, 0.1) is 12.6 Å². The van der Waals surface area contributed by atoms with E-state index < -0.39 is 35.9 Å². The Balaban J connectivity index is 2.55. The number of hydrogen-bond acceptors (Lipinski definition) is 5. The molecule has 0 saturated carbocycles. The average molecular weight is 348 g/mol. The van der Waals surface area contributed by atoms with Crippen LogP contribution in [0.1, 0.15) is 18.5 Å². The first-order valence-electron chi connectivity index (χ1n) is 6.93. The first kappa shape index (κ1) is 17.9. The van der Waals surface area contributed by atoms with Gasteiger partial charge < -0.3 is 25.6 Å². The quantitative estimate of drug-likeness (QED) is 0.614. The van der Waals surface area contributed by atoms with Crippen molar-refractivity contribution in [3.05, 3.63) is 29.8 Å². The van der Waals surface area contributed by atoms with Gasteiger partial charge in [-0.05, 0) is 24.6 Å². The van der Waals surface area contributed by atoms with Crippen molar-refractivity contribution >= 4 is 12.0 Å². The summed E-state index contributed by atoms with van der Waals surface area (Å²) in [5.74, 6) is -3.67. The number of phenols is 1. The molecule has 2 rings (SSSR count). The van der Waals surface area contributed by atoms with Crippen LogP contribution < -0.4 is 10.6 Å². The fraction of sp³-hybridized carbons (Fsp3) is 0.429. The molecule has 7 nitrogen and oxygen atoms in total. The first-order valence-corrected chi connectivity index (χ1v) is 6.93. The van der Waals surface area contributed by atoms with Gasteiger partial charge in [-0.1, -0.05) is 12.1 Å². The Morgan fingerprint density at radius 3 is 2.42 bits per heavy atom. The summed E-state index contributed by atoms with van der Waals surface area (Å²) >= 11 is 0.